The largest absolute Gasteiger partial charge is 1.00 e. The molecule has 4 heterocycles. The Morgan fingerprint density at radius 1 is 0.971 bits per heavy atom. The molecule has 0 aliphatic carbocycles. The number of nitrogens with zero attached hydrogens (tertiary/aromatic N) is 6. The Balaban J connectivity index is 0.00000324. The molecule has 0 unspecified atom stereocenters. The predicted octanol–water partition coefficient (Wildman–Crippen LogP) is -4.40. The van der Waals surface area contributed by atoms with Crippen LogP contribution in [0.4, 0.5) is 0 Å². The van der Waals surface area contributed by atoms with Gasteiger partial charge in [0.1, 0.15) is 0 Å². The van der Waals surface area contributed by atoms with Crippen molar-refractivity contribution in [2.75, 3.05) is 59.7 Å². The van der Waals surface area contributed by atoms with Gasteiger partial charge in [-0.25, -0.2) is 5.01 Å². The first-order chi connectivity index (χ1) is 15.9. The number of morpholine rings is 2. The number of hydrazone groups is 1. The Kier molecular flexibility index (Phi) is 9.20. The summed E-state index contributed by atoms with van der Waals surface area (Å²) in [5, 5.41) is 21.9. The first kappa shape index (κ1) is 26.7. The van der Waals surface area contributed by atoms with Crippen molar-refractivity contribution in [1.82, 2.24) is 24.6 Å². The van der Waals surface area contributed by atoms with Gasteiger partial charge in [0, 0.05) is 45.8 Å². The third-order valence-corrected chi connectivity index (χ3v) is 5.59. The number of carbonyl (C=O) groups is 3. The number of ether oxygens (including phenoxy) is 2. The van der Waals surface area contributed by atoms with Crippen LogP contribution < -0.4 is 56.5 Å². The minimum absolute atomic E-state index is 0. The molecule has 1 aromatic rings. The summed E-state index contributed by atoms with van der Waals surface area (Å²) in [7, 11) is 2.94. The zero-order valence-corrected chi connectivity index (χ0v) is 22.6. The fourth-order valence-electron chi connectivity index (χ4n) is 3.74. The molecule has 4 rings (SSSR count). The summed E-state index contributed by atoms with van der Waals surface area (Å²) in [6.45, 7) is 3.37. The molecule has 12 nitrogen and oxygen atoms in total. The summed E-state index contributed by atoms with van der Waals surface area (Å²) in [5.74, 6) is -1.58. The van der Waals surface area contributed by atoms with Crippen molar-refractivity contribution in [3.63, 3.8) is 0 Å². The Morgan fingerprint density at radius 2 is 1.53 bits per heavy atom. The van der Waals surface area contributed by atoms with E-state index in [1.54, 1.807) is 9.80 Å². The molecule has 0 radical (unpaired) electrons. The summed E-state index contributed by atoms with van der Waals surface area (Å²) in [5.41, 5.74) is 0.296. The van der Waals surface area contributed by atoms with Crippen LogP contribution >= 0.6 is 0 Å². The van der Waals surface area contributed by atoms with Crippen molar-refractivity contribution in [1.29, 1.82) is 0 Å². The third kappa shape index (κ3) is 5.51. The second-order valence-electron chi connectivity index (χ2n) is 7.72. The van der Waals surface area contributed by atoms with Gasteiger partial charge in [-0.1, -0.05) is 12.2 Å². The monoisotopic (exact) mass is 496 g/mol. The molecule has 3 aliphatic heterocycles. The maximum absolute atomic E-state index is 12.9. The van der Waals surface area contributed by atoms with Crippen molar-refractivity contribution >= 4 is 29.5 Å². The van der Waals surface area contributed by atoms with Gasteiger partial charge in [0.15, 0.2) is 11.4 Å². The van der Waals surface area contributed by atoms with Crippen molar-refractivity contribution in [3.05, 3.63) is 29.0 Å². The average Bonchev–Trinajstić information content (AvgIpc) is 3.29. The molecule has 0 saturated carbocycles. The van der Waals surface area contributed by atoms with E-state index in [2.05, 4.69) is 10.2 Å². The van der Waals surface area contributed by atoms with Crippen molar-refractivity contribution < 1.29 is 80.3 Å². The van der Waals surface area contributed by atoms with Gasteiger partial charge in [-0.3, -0.25) is 19.1 Å². The molecule has 2 saturated heterocycles. The maximum Gasteiger partial charge on any atom is 1.00 e. The summed E-state index contributed by atoms with van der Waals surface area (Å²) in [6.07, 6.45) is 4.32. The van der Waals surface area contributed by atoms with Crippen LogP contribution in [0.2, 0.25) is 0 Å². The van der Waals surface area contributed by atoms with E-state index < -0.39 is 11.8 Å². The molecule has 34 heavy (non-hydrogen) atoms. The fourth-order valence-corrected chi connectivity index (χ4v) is 3.74. The van der Waals surface area contributed by atoms with Crippen molar-refractivity contribution in [2.24, 2.45) is 12.1 Å². The number of rotatable bonds is 4. The average molecular weight is 497 g/mol. The van der Waals surface area contributed by atoms with E-state index in [1.165, 1.54) is 32.3 Å². The molecule has 0 atom stereocenters. The summed E-state index contributed by atoms with van der Waals surface area (Å²) in [6, 6.07) is 0. The minimum Gasteiger partial charge on any atom is -0.858 e. The second-order valence-corrected chi connectivity index (χ2v) is 7.72. The van der Waals surface area contributed by atoms with Crippen LogP contribution in [0.15, 0.2) is 22.8 Å². The molecule has 3 aliphatic rings. The number of allylic oxidation sites excluding steroid dienone is 2. The van der Waals surface area contributed by atoms with Gasteiger partial charge in [-0.05, 0) is 12.0 Å². The van der Waals surface area contributed by atoms with E-state index >= 15 is 0 Å². The summed E-state index contributed by atoms with van der Waals surface area (Å²) in [4.78, 5) is 41.5. The van der Waals surface area contributed by atoms with Gasteiger partial charge in [-0.2, -0.15) is 10.2 Å². The second kappa shape index (κ2) is 11.7. The molecule has 0 bridgehead atoms. The van der Waals surface area contributed by atoms with Gasteiger partial charge in [0.2, 0.25) is 0 Å². The van der Waals surface area contributed by atoms with Gasteiger partial charge >= 0.3 is 51.4 Å². The van der Waals surface area contributed by atoms with Crippen LogP contribution in [0.25, 0.3) is 6.08 Å². The van der Waals surface area contributed by atoms with E-state index in [1.807, 2.05) is 0 Å². The number of amides is 3. The van der Waals surface area contributed by atoms with E-state index in [9.17, 15) is 19.5 Å². The van der Waals surface area contributed by atoms with Crippen LogP contribution in [-0.4, -0.2) is 108 Å². The number of likely N-dealkylation sites (N-methyl/N-ethyl adjacent to an activating group) is 1. The van der Waals surface area contributed by atoms with Gasteiger partial charge in [0.05, 0.1) is 32.0 Å². The molecule has 1 aromatic heterocycles. The molecule has 0 spiro atoms. The van der Waals surface area contributed by atoms with Crippen LogP contribution in [-0.2, 0) is 26.1 Å². The molecular formula is C21H25KN6O6. The number of carbonyl (C=O) groups excluding carboxylic acids is 3. The molecule has 13 heteroatoms. The van der Waals surface area contributed by atoms with E-state index in [0.717, 1.165) is 9.69 Å². The normalized spacial score (nSPS) is 20.2. The number of aryl methyl sites for hydroxylation is 1. The third-order valence-electron chi connectivity index (χ3n) is 5.59. The SMILES string of the molecule is CN1N=C(C(=O)N2CCOCC2)/C(=C/C=Cc2c(C(=O)N3CCOCC3)nn(C)c2[O-])C1=O.[K+]. The van der Waals surface area contributed by atoms with Crippen molar-refractivity contribution in [3.8, 4) is 5.88 Å². The Labute approximate surface area is 239 Å². The van der Waals surface area contributed by atoms with Crippen LogP contribution in [0.3, 0.4) is 0 Å². The predicted molar refractivity (Wildman–Crippen MR) is 114 cm³/mol. The smallest absolute Gasteiger partial charge is 0.858 e. The fraction of sp³-hybridized carbons (Fsp3) is 0.476. The van der Waals surface area contributed by atoms with Crippen LogP contribution in [0.5, 0.6) is 5.88 Å². The molecule has 3 amide bonds. The van der Waals surface area contributed by atoms with E-state index in [4.69, 9.17) is 9.47 Å². The maximum atomic E-state index is 12.9. The summed E-state index contributed by atoms with van der Waals surface area (Å²) >= 11 is 0. The molecule has 2 fully saturated rings. The van der Waals surface area contributed by atoms with Crippen molar-refractivity contribution in [2.45, 2.75) is 0 Å². The molecule has 0 N–H and O–H groups in total. The first-order valence-electron chi connectivity index (χ1n) is 10.6. The summed E-state index contributed by atoms with van der Waals surface area (Å²) < 4.78 is 11.6. The van der Waals surface area contributed by atoms with Crippen LogP contribution in [0, 0.1) is 0 Å². The number of aromatic nitrogens is 2. The molecule has 0 aromatic carbocycles. The molecule has 176 valence electrons. The minimum atomic E-state index is -0.436. The standard InChI is InChI=1S/C21H26N6O6.K/c1-24-18(28)14(16(22-24)20(30)26-6-10-32-11-7-26)4-3-5-15-17(23-25(2)19(15)29)21(31)27-8-12-33-13-9-27;/h3-5,28H,6-13H2,1-2H3;/q;+1/p-1/b4-3?,15-5-;. The van der Waals surface area contributed by atoms with Crippen LogP contribution in [0.1, 0.15) is 16.1 Å². The van der Waals surface area contributed by atoms with E-state index in [0.29, 0.717) is 52.6 Å². The van der Waals surface area contributed by atoms with Gasteiger partial charge in [-0.15, -0.1) is 0 Å². The first-order valence-corrected chi connectivity index (χ1v) is 10.6. The topological polar surface area (TPSA) is 133 Å². The number of hydrogen-bond donors (Lipinski definition) is 0. The Hall–Kier alpha value is -1.87. The van der Waals surface area contributed by atoms with E-state index in [-0.39, 0.29) is 85.7 Å². The Morgan fingerprint density at radius 3 is 2.12 bits per heavy atom. The number of hydrogen-bond acceptors (Lipinski definition) is 8. The quantitative estimate of drug-likeness (QED) is 0.304. The van der Waals surface area contributed by atoms with Gasteiger partial charge in [0.25, 0.3) is 17.7 Å². The molecular weight excluding hydrogens is 471 g/mol. The Bertz CT molecular complexity index is 1050. The van der Waals surface area contributed by atoms with Gasteiger partial charge < -0.3 is 24.4 Å². The zero-order valence-electron chi connectivity index (χ0n) is 19.5. The zero-order chi connectivity index (χ0) is 23.5.